The summed E-state index contributed by atoms with van der Waals surface area (Å²) in [5.74, 6) is -5.44. The molecule has 21 heavy (non-hydrogen) atoms. The van der Waals surface area contributed by atoms with E-state index in [-0.39, 0.29) is 13.0 Å². The summed E-state index contributed by atoms with van der Waals surface area (Å²) < 4.78 is 0. The van der Waals surface area contributed by atoms with Crippen LogP contribution in [0.15, 0.2) is 24.3 Å². The molecule has 2 N–H and O–H groups in total. The molecule has 0 aliphatic rings. The number of carbonyl (C=O) groups excluding carboxylic acids is 3. The first-order valence-electron chi connectivity index (χ1n) is 5.88. The molecular weight excluding hydrogens is 282 g/mol. The number of aliphatic hydroxyl groups excluding tert-OH is 1. The highest BCUT2D eigenvalue weighted by atomic mass is 16.4. The highest BCUT2D eigenvalue weighted by Gasteiger charge is 1.96. The Morgan fingerprint density at radius 2 is 1.62 bits per heavy atom. The summed E-state index contributed by atoms with van der Waals surface area (Å²) in [6.07, 6.45) is -0.0617. The highest BCUT2D eigenvalue weighted by Crippen LogP contribution is 2.05. The Kier molecular flexibility index (Phi) is 9.14. The number of hydrogen-bond donors (Lipinski definition) is 2. The second-order valence-electron chi connectivity index (χ2n) is 3.84. The van der Waals surface area contributed by atoms with Gasteiger partial charge in [-0.3, -0.25) is 0 Å². The Hall–Kier alpha value is -2.45. The van der Waals surface area contributed by atoms with Gasteiger partial charge in [0.15, 0.2) is 0 Å². The van der Waals surface area contributed by atoms with Gasteiger partial charge < -0.3 is 40.1 Å². The Labute approximate surface area is 120 Å². The van der Waals surface area contributed by atoms with Gasteiger partial charge in [0.2, 0.25) is 0 Å². The van der Waals surface area contributed by atoms with Crippen LogP contribution in [0.25, 0.3) is 0 Å². The van der Waals surface area contributed by atoms with E-state index in [9.17, 15) is 9.90 Å². The number of hydrogen-bond acceptors (Lipinski definition) is 8. The number of carboxylic acid groups (broad SMARTS) is 3. The molecule has 0 heterocycles. The number of carbonyl (C=O) groups is 3. The van der Waals surface area contributed by atoms with E-state index in [1.165, 1.54) is 0 Å². The van der Waals surface area contributed by atoms with Crippen molar-refractivity contribution in [3.63, 3.8) is 0 Å². The van der Waals surface area contributed by atoms with Crippen LogP contribution in [0.1, 0.15) is 11.1 Å². The predicted molar refractivity (Wildman–Crippen MR) is 64.0 cm³/mol. The monoisotopic (exact) mass is 296 g/mol. The molecule has 0 aliphatic heterocycles. The molecule has 0 bridgehead atoms. The Bertz CT molecular complexity index is 475. The highest BCUT2D eigenvalue weighted by molar-refractivity contribution is 6.25. The lowest BCUT2D eigenvalue weighted by Gasteiger charge is -2.06. The van der Waals surface area contributed by atoms with E-state index in [4.69, 9.17) is 24.9 Å². The van der Waals surface area contributed by atoms with E-state index in [1.54, 1.807) is 6.07 Å². The number of benzene rings is 1. The molecule has 1 aromatic carbocycles. The van der Waals surface area contributed by atoms with Gasteiger partial charge in [0, 0.05) is 25.5 Å². The minimum absolute atomic E-state index is 0.0617. The molecule has 8 heteroatoms. The Morgan fingerprint density at radius 1 is 1.05 bits per heavy atom. The summed E-state index contributed by atoms with van der Waals surface area (Å²) in [5.41, 5.74) is 1.74. The van der Waals surface area contributed by atoms with Gasteiger partial charge >= 0.3 is 0 Å². The number of carboxylic acids is 3. The fourth-order valence-corrected chi connectivity index (χ4v) is 1.33. The first-order chi connectivity index (χ1) is 9.86. The summed E-state index contributed by atoms with van der Waals surface area (Å²) in [5, 5.41) is 39.8. The minimum atomic E-state index is -2.19. The smallest absolute Gasteiger partial charge is 0.0870 e. The average molecular weight is 296 g/mol. The van der Waals surface area contributed by atoms with Crippen molar-refractivity contribution in [3.8, 4) is 0 Å². The maximum Gasteiger partial charge on any atom is 0.0870 e. The van der Waals surface area contributed by atoms with Gasteiger partial charge in [-0.1, -0.05) is 24.3 Å². The molecule has 0 radical (unpaired) electrons. The minimum Gasteiger partial charge on any atom is -0.550 e. The molecule has 1 rings (SSSR count). The zero-order valence-corrected chi connectivity index (χ0v) is 11.0. The molecule has 8 nitrogen and oxygen atoms in total. The average Bonchev–Trinajstić information content (AvgIpc) is 2.39. The van der Waals surface area contributed by atoms with Crippen molar-refractivity contribution in [2.75, 3.05) is 13.2 Å². The van der Waals surface area contributed by atoms with Crippen molar-refractivity contribution >= 4 is 17.9 Å². The van der Waals surface area contributed by atoms with E-state index < -0.39 is 17.9 Å². The maximum absolute atomic E-state index is 10.4. The second-order valence-corrected chi connectivity index (χ2v) is 3.84. The van der Waals surface area contributed by atoms with Crippen molar-refractivity contribution in [2.45, 2.75) is 13.0 Å². The first-order valence-corrected chi connectivity index (χ1v) is 5.88. The number of rotatable bonds is 6. The van der Waals surface area contributed by atoms with Gasteiger partial charge in [-0.05, 0) is 11.1 Å². The van der Waals surface area contributed by atoms with Crippen LogP contribution >= 0.6 is 0 Å². The van der Waals surface area contributed by atoms with Gasteiger partial charge in [0.05, 0.1) is 18.5 Å². The molecule has 0 amide bonds. The molecular formula is C13H14NO7-3. The zero-order valence-electron chi connectivity index (χ0n) is 11.0. The molecule has 0 spiro atoms. The molecule has 0 aromatic heterocycles. The summed E-state index contributed by atoms with van der Waals surface area (Å²) in [6.45, 7) is 1.25. The molecule has 116 valence electrons. The van der Waals surface area contributed by atoms with Crippen molar-refractivity contribution in [3.05, 3.63) is 35.4 Å². The van der Waals surface area contributed by atoms with Crippen molar-refractivity contribution in [1.82, 2.24) is 5.32 Å². The quantitative estimate of drug-likeness (QED) is 0.394. The van der Waals surface area contributed by atoms with Gasteiger partial charge in [-0.25, -0.2) is 0 Å². The van der Waals surface area contributed by atoms with Gasteiger partial charge in [0.25, 0.3) is 0 Å². The lowest BCUT2D eigenvalue weighted by atomic mass is 10.1. The predicted octanol–water partition coefficient (Wildman–Crippen LogP) is -4.45. The molecule has 0 fully saturated rings. The fraction of sp³-hybridized carbons (Fsp3) is 0.308. The van der Waals surface area contributed by atoms with Crippen LogP contribution in [-0.4, -0.2) is 36.2 Å². The summed E-state index contributed by atoms with van der Waals surface area (Å²) in [4.78, 5) is 28.2. The van der Waals surface area contributed by atoms with Crippen LogP contribution in [0.3, 0.4) is 0 Å². The lowest BCUT2D eigenvalue weighted by molar-refractivity contribution is -0.345. The summed E-state index contributed by atoms with van der Waals surface area (Å²) in [6, 6.07) is 7.29. The molecule has 0 aliphatic carbocycles. The van der Waals surface area contributed by atoms with Crippen LogP contribution in [0.2, 0.25) is 0 Å². The van der Waals surface area contributed by atoms with E-state index in [0.29, 0.717) is 13.1 Å². The van der Waals surface area contributed by atoms with Crippen molar-refractivity contribution in [2.24, 2.45) is 0 Å². The Morgan fingerprint density at radius 3 is 2.10 bits per heavy atom. The van der Waals surface area contributed by atoms with Crippen molar-refractivity contribution in [1.29, 1.82) is 0 Å². The molecule has 0 saturated heterocycles. The normalized spacial score (nSPS) is 9.38. The van der Waals surface area contributed by atoms with E-state index in [0.717, 1.165) is 11.1 Å². The third-order valence-corrected chi connectivity index (χ3v) is 2.12. The van der Waals surface area contributed by atoms with Crippen molar-refractivity contribution < 1.29 is 34.8 Å². The largest absolute Gasteiger partial charge is 0.550 e. The van der Waals surface area contributed by atoms with Gasteiger partial charge in [-0.2, -0.15) is 0 Å². The van der Waals surface area contributed by atoms with Crippen LogP contribution in [0.4, 0.5) is 0 Å². The number of aliphatic carboxylic acids is 3. The second kappa shape index (κ2) is 10.4. The SMILES string of the molecule is O=C([O-])C(=O)[O-].O=C([O-])Cc1cccc(CNCCO)c1. The van der Waals surface area contributed by atoms with Gasteiger partial charge in [-0.15, -0.1) is 0 Å². The Balaban J connectivity index is 0.000000567. The van der Waals surface area contributed by atoms with E-state index in [2.05, 4.69) is 5.32 Å². The molecule has 0 saturated carbocycles. The van der Waals surface area contributed by atoms with Crippen LogP contribution in [0.5, 0.6) is 0 Å². The fourth-order valence-electron chi connectivity index (χ4n) is 1.33. The zero-order chi connectivity index (χ0) is 16.3. The molecule has 0 unspecified atom stereocenters. The van der Waals surface area contributed by atoms with Gasteiger partial charge in [0.1, 0.15) is 0 Å². The molecule has 1 aromatic rings. The summed E-state index contributed by atoms with van der Waals surface area (Å²) in [7, 11) is 0. The molecule has 0 atom stereocenters. The van der Waals surface area contributed by atoms with E-state index in [1.807, 2.05) is 18.2 Å². The third-order valence-electron chi connectivity index (χ3n) is 2.12. The maximum atomic E-state index is 10.4. The van der Waals surface area contributed by atoms with Crippen LogP contribution in [-0.2, 0) is 27.3 Å². The first kappa shape index (κ1) is 18.6. The van der Waals surface area contributed by atoms with E-state index >= 15 is 0 Å². The van der Waals surface area contributed by atoms with Crippen LogP contribution < -0.4 is 20.6 Å². The summed E-state index contributed by atoms with van der Waals surface area (Å²) >= 11 is 0. The lowest BCUT2D eigenvalue weighted by Crippen LogP contribution is -2.42. The number of nitrogens with one attached hydrogen (secondary N) is 1. The van der Waals surface area contributed by atoms with Crippen LogP contribution in [0, 0.1) is 0 Å². The topological polar surface area (TPSA) is 153 Å². The third kappa shape index (κ3) is 10.0. The standard InChI is InChI=1S/C11H15NO3.C2H2O4/c13-5-4-12-8-10-3-1-2-9(6-10)7-11(14)15;3-1(4)2(5)6/h1-3,6,12-13H,4-5,7-8H2,(H,14,15);(H,3,4)(H,5,6)/p-3. The number of aliphatic hydroxyl groups is 1.